The SMILES string of the molecule is COC(=O)C(=Cc1cccc(OS(=O)(=O)c2ccc(C)cc2)c1)C(=O)OC. The topological polar surface area (TPSA) is 96.0 Å². The average Bonchev–Trinajstić information content (AvgIpc) is 2.65. The van der Waals surface area contributed by atoms with Crippen LogP contribution in [-0.2, 0) is 29.2 Å². The van der Waals surface area contributed by atoms with Crippen molar-refractivity contribution in [2.45, 2.75) is 11.8 Å². The van der Waals surface area contributed by atoms with Gasteiger partial charge in [-0.2, -0.15) is 8.42 Å². The lowest BCUT2D eigenvalue weighted by molar-refractivity contribution is -0.143. The molecule has 8 heteroatoms. The minimum absolute atomic E-state index is 0.0128. The van der Waals surface area contributed by atoms with Crippen molar-refractivity contribution in [3.63, 3.8) is 0 Å². The van der Waals surface area contributed by atoms with Crippen LogP contribution in [0, 0.1) is 6.92 Å². The van der Waals surface area contributed by atoms with Crippen LogP contribution in [0.5, 0.6) is 5.75 Å². The number of hydrogen-bond donors (Lipinski definition) is 0. The second kappa shape index (κ2) is 8.50. The van der Waals surface area contributed by atoms with E-state index in [-0.39, 0.29) is 16.2 Å². The first kappa shape index (κ1) is 20.2. The highest BCUT2D eigenvalue weighted by molar-refractivity contribution is 7.87. The van der Waals surface area contributed by atoms with E-state index in [1.54, 1.807) is 18.2 Å². The maximum absolute atomic E-state index is 12.4. The molecule has 0 heterocycles. The smallest absolute Gasteiger partial charge is 0.345 e. The number of rotatable bonds is 6. The van der Waals surface area contributed by atoms with Gasteiger partial charge in [-0.3, -0.25) is 0 Å². The zero-order chi connectivity index (χ0) is 20.0. The molecule has 0 unspecified atom stereocenters. The van der Waals surface area contributed by atoms with Crippen LogP contribution in [-0.4, -0.2) is 34.6 Å². The zero-order valence-electron chi connectivity index (χ0n) is 15.0. The quantitative estimate of drug-likeness (QED) is 0.246. The van der Waals surface area contributed by atoms with E-state index < -0.39 is 22.1 Å². The van der Waals surface area contributed by atoms with Crippen LogP contribution in [0.1, 0.15) is 11.1 Å². The summed E-state index contributed by atoms with van der Waals surface area (Å²) < 4.78 is 39.0. The number of carbonyl (C=O) groups excluding carboxylic acids is 2. The van der Waals surface area contributed by atoms with Gasteiger partial charge in [0.15, 0.2) is 0 Å². The molecule has 0 saturated carbocycles. The van der Waals surface area contributed by atoms with Gasteiger partial charge < -0.3 is 13.7 Å². The minimum Gasteiger partial charge on any atom is -0.465 e. The largest absolute Gasteiger partial charge is 0.465 e. The van der Waals surface area contributed by atoms with Gasteiger partial charge in [-0.1, -0.05) is 29.8 Å². The zero-order valence-corrected chi connectivity index (χ0v) is 15.8. The van der Waals surface area contributed by atoms with E-state index in [9.17, 15) is 18.0 Å². The Morgan fingerprint density at radius 1 is 0.926 bits per heavy atom. The number of aryl methyl sites for hydroxylation is 1. The van der Waals surface area contributed by atoms with Gasteiger partial charge in [-0.05, 0) is 42.8 Å². The molecule has 2 rings (SSSR count). The molecule has 0 aliphatic rings. The van der Waals surface area contributed by atoms with E-state index >= 15 is 0 Å². The highest BCUT2D eigenvalue weighted by atomic mass is 32.2. The summed E-state index contributed by atoms with van der Waals surface area (Å²) >= 11 is 0. The lowest BCUT2D eigenvalue weighted by Crippen LogP contribution is -2.15. The van der Waals surface area contributed by atoms with Crippen LogP contribution < -0.4 is 4.18 Å². The van der Waals surface area contributed by atoms with Crippen molar-refractivity contribution < 1.29 is 31.7 Å². The molecule has 0 saturated heterocycles. The second-order valence-electron chi connectivity index (χ2n) is 5.46. The Kier molecular flexibility index (Phi) is 6.36. The molecule has 0 N–H and O–H groups in total. The monoisotopic (exact) mass is 390 g/mol. The van der Waals surface area contributed by atoms with Crippen LogP contribution in [0.25, 0.3) is 6.08 Å². The average molecular weight is 390 g/mol. The van der Waals surface area contributed by atoms with Gasteiger partial charge in [0, 0.05) is 0 Å². The summed E-state index contributed by atoms with van der Waals surface area (Å²) in [6.45, 7) is 1.84. The Morgan fingerprint density at radius 2 is 1.52 bits per heavy atom. The molecule has 2 aromatic carbocycles. The standard InChI is InChI=1S/C19H18O7S/c1-13-7-9-16(10-8-13)27(22,23)26-15-6-4-5-14(11-15)12-17(18(20)24-2)19(21)25-3/h4-12H,1-3H3. The number of benzene rings is 2. The second-order valence-corrected chi connectivity index (χ2v) is 7.01. The Bertz CT molecular complexity index is 955. The molecule has 0 fully saturated rings. The Morgan fingerprint density at radius 3 is 2.07 bits per heavy atom. The molecule has 0 aromatic heterocycles. The van der Waals surface area contributed by atoms with E-state index in [2.05, 4.69) is 9.47 Å². The van der Waals surface area contributed by atoms with Gasteiger partial charge in [-0.15, -0.1) is 0 Å². The summed E-state index contributed by atoms with van der Waals surface area (Å²) in [4.78, 5) is 23.5. The fraction of sp³-hybridized carbons (Fsp3) is 0.158. The van der Waals surface area contributed by atoms with Crippen molar-refractivity contribution in [2.75, 3.05) is 14.2 Å². The summed E-state index contributed by atoms with van der Waals surface area (Å²) in [5.41, 5.74) is 0.940. The Balaban J connectivity index is 2.34. The van der Waals surface area contributed by atoms with Crippen LogP contribution in [0.2, 0.25) is 0 Å². The molecule has 0 radical (unpaired) electrons. The molecule has 142 valence electrons. The molecule has 27 heavy (non-hydrogen) atoms. The van der Waals surface area contributed by atoms with E-state index in [1.807, 2.05) is 6.92 Å². The Labute approximate surface area is 157 Å². The van der Waals surface area contributed by atoms with Crippen LogP contribution >= 0.6 is 0 Å². The minimum atomic E-state index is -4.02. The molecular formula is C19H18O7S. The number of methoxy groups -OCH3 is 2. The van der Waals surface area contributed by atoms with Gasteiger partial charge in [0.2, 0.25) is 0 Å². The lowest BCUT2D eigenvalue weighted by Gasteiger charge is -2.08. The molecule has 0 amide bonds. The number of ether oxygens (including phenoxy) is 2. The van der Waals surface area contributed by atoms with Gasteiger partial charge >= 0.3 is 22.1 Å². The third kappa shape index (κ3) is 5.18. The van der Waals surface area contributed by atoms with E-state index in [4.69, 9.17) is 4.18 Å². The summed E-state index contributed by atoms with van der Waals surface area (Å²) in [5.74, 6) is -1.72. The van der Waals surface area contributed by atoms with Crippen molar-refractivity contribution in [2.24, 2.45) is 0 Å². The van der Waals surface area contributed by atoms with Gasteiger partial charge in [0.25, 0.3) is 0 Å². The lowest BCUT2D eigenvalue weighted by atomic mass is 10.1. The van der Waals surface area contributed by atoms with Crippen LogP contribution in [0.15, 0.2) is 59.0 Å². The molecule has 0 aliphatic carbocycles. The molecule has 0 aliphatic heterocycles. The molecule has 7 nitrogen and oxygen atoms in total. The van der Waals surface area contributed by atoms with Crippen molar-refractivity contribution in [3.05, 3.63) is 65.2 Å². The highest BCUT2D eigenvalue weighted by Gasteiger charge is 2.20. The summed E-state index contributed by atoms with van der Waals surface area (Å²) in [5, 5.41) is 0. The van der Waals surface area contributed by atoms with Gasteiger partial charge in [-0.25, -0.2) is 9.59 Å². The maximum atomic E-state index is 12.4. The van der Waals surface area contributed by atoms with E-state index in [0.29, 0.717) is 5.56 Å². The van der Waals surface area contributed by atoms with Crippen molar-refractivity contribution >= 4 is 28.1 Å². The first-order chi connectivity index (χ1) is 12.8. The van der Waals surface area contributed by atoms with Crippen molar-refractivity contribution in [1.29, 1.82) is 0 Å². The number of carbonyl (C=O) groups is 2. The van der Waals surface area contributed by atoms with Crippen LogP contribution in [0.3, 0.4) is 0 Å². The Hall–Kier alpha value is -3.13. The molecule has 0 spiro atoms. The third-order valence-corrected chi connectivity index (χ3v) is 4.76. The number of esters is 2. The fourth-order valence-electron chi connectivity index (χ4n) is 2.12. The molecule has 2 aromatic rings. The van der Waals surface area contributed by atoms with Crippen molar-refractivity contribution in [1.82, 2.24) is 0 Å². The molecule has 0 bridgehead atoms. The first-order valence-electron chi connectivity index (χ1n) is 7.76. The molecular weight excluding hydrogens is 372 g/mol. The summed E-state index contributed by atoms with van der Waals surface area (Å²) in [6, 6.07) is 12.1. The highest BCUT2D eigenvalue weighted by Crippen LogP contribution is 2.22. The maximum Gasteiger partial charge on any atom is 0.345 e. The first-order valence-corrected chi connectivity index (χ1v) is 9.17. The van der Waals surface area contributed by atoms with E-state index in [0.717, 1.165) is 19.8 Å². The normalized spacial score (nSPS) is 10.6. The van der Waals surface area contributed by atoms with Gasteiger partial charge in [0.05, 0.1) is 14.2 Å². The summed E-state index contributed by atoms with van der Waals surface area (Å²) in [7, 11) is -1.76. The summed E-state index contributed by atoms with van der Waals surface area (Å²) in [6.07, 6.45) is 1.23. The fourth-order valence-corrected chi connectivity index (χ4v) is 3.05. The number of hydrogen-bond acceptors (Lipinski definition) is 7. The molecule has 0 atom stereocenters. The predicted octanol–water partition coefficient (Wildman–Crippen LogP) is 2.49. The van der Waals surface area contributed by atoms with Gasteiger partial charge in [0.1, 0.15) is 16.2 Å². The van der Waals surface area contributed by atoms with Crippen molar-refractivity contribution in [3.8, 4) is 5.75 Å². The van der Waals surface area contributed by atoms with Crippen LogP contribution in [0.4, 0.5) is 0 Å². The van der Waals surface area contributed by atoms with E-state index in [1.165, 1.54) is 36.4 Å². The third-order valence-electron chi connectivity index (χ3n) is 3.50. The predicted molar refractivity (Wildman–Crippen MR) is 97.4 cm³/mol.